The van der Waals surface area contributed by atoms with Crippen LogP contribution in [0.25, 0.3) is 0 Å². The third-order valence-electron chi connectivity index (χ3n) is 1.38. The van der Waals surface area contributed by atoms with E-state index in [1.807, 2.05) is 0 Å². The summed E-state index contributed by atoms with van der Waals surface area (Å²) in [6.45, 7) is 0. The number of benzene rings is 1. The Kier molecular flexibility index (Phi) is 4.08. The van der Waals surface area contributed by atoms with Crippen molar-refractivity contribution >= 4 is 21.8 Å². The molecule has 2 N–H and O–H groups in total. The average molecular weight is 200 g/mol. The van der Waals surface area contributed by atoms with Crippen LogP contribution in [-0.4, -0.2) is 22.2 Å². The molecule has 1 aromatic rings. The van der Waals surface area contributed by atoms with Crippen LogP contribution in [-0.2, 0) is 0 Å². The highest BCUT2D eigenvalue weighted by molar-refractivity contribution is 6.92. The van der Waals surface area contributed by atoms with E-state index in [0.29, 0.717) is 0 Å². The third-order valence-corrected chi connectivity index (χ3v) is 1.38. The lowest BCUT2D eigenvalue weighted by Crippen LogP contribution is -1.99. The van der Waals surface area contributed by atoms with E-state index in [0.717, 1.165) is 0 Å². The van der Waals surface area contributed by atoms with Gasteiger partial charge in [-0.3, -0.25) is 0 Å². The van der Waals surface area contributed by atoms with E-state index >= 15 is 0 Å². The first-order valence-electron chi connectivity index (χ1n) is 3.18. The number of hydrogen-bond acceptors (Lipinski definition) is 2. The van der Waals surface area contributed by atoms with Gasteiger partial charge in [-0.1, -0.05) is 0 Å². The van der Waals surface area contributed by atoms with Crippen LogP contribution in [0.3, 0.4) is 0 Å². The van der Waals surface area contributed by atoms with Crippen LogP contribution < -0.4 is 0 Å². The molecule has 0 aliphatic rings. The Bertz CT molecular complexity index is 284. The van der Waals surface area contributed by atoms with Gasteiger partial charge in [-0.2, -0.15) is 9.90 Å². The quantitative estimate of drug-likeness (QED) is 0.702. The molecule has 0 aliphatic carbocycles. The van der Waals surface area contributed by atoms with Gasteiger partial charge in [0.15, 0.2) is 0 Å². The van der Waals surface area contributed by atoms with Crippen LogP contribution in [0, 0.1) is 0 Å². The molecular formula is C8H9O4P. The molecule has 0 radical (unpaired) electrons. The summed E-state index contributed by atoms with van der Waals surface area (Å²) in [7, 11) is 0. The molecule has 0 amide bonds. The van der Waals surface area contributed by atoms with E-state index in [4.69, 9.17) is 10.2 Å². The first-order valence-corrected chi connectivity index (χ1v) is 3.18. The number of carboxylic acid groups (broad SMARTS) is 2. The summed E-state index contributed by atoms with van der Waals surface area (Å²) >= 11 is 0. The molecule has 1 aromatic carbocycles. The minimum absolute atomic E-state index is 0. The first kappa shape index (κ1) is 11.6. The maximum absolute atomic E-state index is 10.3. The summed E-state index contributed by atoms with van der Waals surface area (Å²) in [5, 5.41) is 16.9. The predicted octanol–water partition coefficient (Wildman–Crippen LogP) is 1.14. The molecule has 0 saturated heterocycles. The lowest BCUT2D eigenvalue weighted by Gasteiger charge is -1.94. The number of carboxylic acids is 2. The summed E-state index contributed by atoms with van der Waals surface area (Å²) < 4.78 is 0. The SMILES string of the molecule is O=C(O)c1ccc(C(=O)O)cc1.P. The van der Waals surface area contributed by atoms with Gasteiger partial charge in [0, 0.05) is 0 Å². The molecule has 0 aromatic heterocycles. The second-order valence-corrected chi connectivity index (χ2v) is 2.19. The van der Waals surface area contributed by atoms with Crippen molar-refractivity contribution in [2.45, 2.75) is 0 Å². The normalized spacial score (nSPS) is 8.62. The molecule has 0 bridgehead atoms. The van der Waals surface area contributed by atoms with Gasteiger partial charge in [-0.05, 0) is 24.3 Å². The van der Waals surface area contributed by atoms with Crippen LogP contribution in [0.4, 0.5) is 0 Å². The van der Waals surface area contributed by atoms with E-state index in [1.54, 1.807) is 0 Å². The zero-order valence-electron chi connectivity index (χ0n) is 6.73. The number of carbonyl (C=O) groups is 2. The third kappa shape index (κ3) is 2.84. The maximum Gasteiger partial charge on any atom is 0.335 e. The average Bonchev–Trinajstić information content (AvgIpc) is 2.04. The number of rotatable bonds is 2. The van der Waals surface area contributed by atoms with Gasteiger partial charge in [0.2, 0.25) is 0 Å². The van der Waals surface area contributed by atoms with Crippen molar-refractivity contribution in [3.8, 4) is 0 Å². The maximum atomic E-state index is 10.3. The van der Waals surface area contributed by atoms with E-state index in [2.05, 4.69) is 0 Å². The van der Waals surface area contributed by atoms with Gasteiger partial charge in [0.05, 0.1) is 11.1 Å². The van der Waals surface area contributed by atoms with Crippen molar-refractivity contribution in [1.29, 1.82) is 0 Å². The van der Waals surface area contributed by atoms with Crippen LogP contribution >= 0.6 is 9.90 Å². The summed E-state index contributed by atoms with van der Waals surface area (Å²) in [5.41, 5.74) is 0.167. The molecule has 0 spiro atoms. The van der Waals surface area contributed by atoms with E-state index in [-0.39, 0.29) is 21.0 Å². The lowest BCUT2D eigenvalue weighted by molar-refractivity contribution is 0.0681. The molecule has 0 saturated carbocycles. The fourth-order valence-electron chi connectivity index (χ4n) is 0.755. The van der Waals surface area contributed by atoms with Gasteiger partial charge in [-0.15, -0.1) is 0 Å². The van der Waals surface area contributed by atoms with Crippen molar-refractivity contribution in [1.82, 2.24) is 0 Å². The van der Waals surface area contributed by atoms with Gasteiger partial charge < -0.3 is 10.2 Å². The van der Waals surface area contributed by atoms with Crippen molar-refractivity contribution < 1.29 is 19.8 Å². The fourth-order valence-corrected chi connectivity index (χ4v) is 0.755. The Morgan fingerprint density at radius 2 is 1.08 bits per heavy atom. The van der Waals surface area contributed by atoms with E-state index < -0.39 is 11.9 Å². The molecular weight excluding hydrogens is 191 g/mol. The molecule has 5 heteroatoms. The van der Waals surface area contributed by atoms with Crippen LogP contribution in [0.15, 0.2) is 24.3 Å². The van der Waals surface area contributed by atoms with Gasteiger partial charge in [0.25, 0.3) is 0 Å². The molecule has 13 heavy (non-hydrogen) atoms. The monoisotopic (exact) mass is 200 g/mol. The highest BCUT2D eigenvalue weighted by Crippen LogP contribution is 2.03. The van der Waals surface area contributed by atoms with E-state index in [9.17, 15) is 9.59 Å². The highest BCUT2D eigenvalue weighted by Gasteiger charge is 2.04. The summed E-state index contributed by atoms with van der Waals surface area (Å²) in [5.74, 6) is -2.13. The molecule has 0 heterocycles. The van der Waals surface area contributed by atoms with Crippen LogP contribution in [0.1, 0.15) is 20.7 Å². The van der Waals surface area contributed by atoms with Crippen LogP contribution in [0.2, 0.25) is 0 Å². The van der Waals surface area contributed by atoms with Crippen molar-refractivity contribution in [3.63, 3.8) is 0 Å². The summed E-state index contributed by atoms with van der Waals surface area (Å²) in [6.07, 6.45) is 0. The Hall–Kier alpha value is -1.41. The zero-order valence-corrected chi connectivity index (χ0v) is 8.14. The molecule has 1 atom stereocenters. The molecule has 70 valence electrons. The first-order chi connectivity index (χ1) is 5.61. The number of aromatic carboxylic acids is 2. The predicted molar refractivity (Wildman–Crippen MR) is 51.5 cm³/mol. The zero-order chi connectivity index (χ0) is 9.14. The van der Waals surface area contributed by atoms with E-state index in [1.165, 1.54) is 24.3 Å². The van der Waals surface area contributed by atoms with Gasteiger partial charge >= 0.3 is 11.9 Å². The molecule has 0 aliphatic heterocycles. The lowest BCUT2D eigenvalue weighted by atomic mass is 10.1. The number of hydrogen-bond donors (Lipinski definition) is 2. The summed E-state index contributed by atoms with van der Waals surface area (Å²) in [4.78, 5) is 20.7. The van der Waals surface area contributed by atoms with Gasteiger partial charge in [-0.25, -0.2) is 9.59 Å². The Balaban J connectivity index is 0.00000144. The minimum Gasteiger partial charge on any atom is -0.478 e. The Labute approximate surface area is 77.8 Å². The Morgan fingerprint density at radius 3 is 1.23 bits per heavy atom. The fraction of sp³-hybridized carbons (Fsp3) is 0. The molecule has 1 rings (SSSR count). The minimum atomic E-state index is -1.06. The van der Waals surface area contributed by atoms with Crippen molar-refractivity contribution in [2.75, 3.05) is 0 Å². The highest BCUT2D eigenvalue weighted by atomic mass is 31.0. The summed E-state index contributed by atoms with van der Waals surface area (Å²) in [6, 6.07) is 5.02. The second kappa shape index (κ2) is 4.58. The van der Waals surface area contributed by atoms with Crippen molar-refractivity contribution in [2.24, 2.45) is 0 Å². The molecule has 1 unspecified atom stereocenters. The largest absolute Gasteiger partial charge is 0.478 e. The van der Waals surface area contributed by atoms with Gasteiger partial charge in [0.1, 0.15) is 0 Å². The standard InChI is InChI=1S/C8H6O4.H3P/c9-7(10)5-1-2-6(4-3-5)8(11)12;/h1-4H,(H,9,10)(H,11,12);1H3. The van der Waals surface area contributed by atoms with Crippen LogP contribution in [0.5, 0.6) is 0 Å². The topological polar surface area (TPSA) is 74.6 Å². The van der Waals surface area contributed by atoms with Crippen molar-refractivity contribution in [3.05, 3.63) is 35.4 Å². The molecule has 4 nitrogen and oxygen atoms in total. The smallest absolute Gasteiger partial charge is 0.335 e. The molecule has 0 fully saturated rings. The Morgan fingerprint density at radius 1 is 0.846 bits per heavy atom. The second-order valence-electron chi connectivity index (χ2n) is 2.19.